The molecule has 0 aliphatic carbocycles. The number of benzene rings is 1. The number of carbonyl (C=O) groups is 1. The number of piperidine rings is 1. The fraction of sp³-hybridized carbons (Fsp3) is 0.524. The van der Waals surface area contributed by atoms with Crippen LogP contribution in [0.3, 0.4) is 0 Å². The number of carboxylic acids is 1. The van der Waals surface area contributed by atoms with Gasteiger partial charge in [-0.2, -0.15) is 0 Å². The molecule has 2 heterocycles. The smallest absolute Gasteiger partial charge is 0.307 e. The van der Waals surface area contributed by atoms with Gasteiger partial charge in [0.25, 0.3) is 0 Å². The lowest BCUT2D eigenvalue weighted by atomic mass is 9.73. The quantitative estimate of drug-likeness (QED) is 0.888. The van der Waals surface area contributed by atoms with Crippen molar-refractivity contribution in [2.45, 2.75) is 40.7 Å². The summed E-state index contributed by atoms with van der Waals surface area (Å²) in [6.45, 7) is 10.7. The third-order valence-electron chi connectivity index (χ3n) is 5.35. The van der Waals surface area contributed by atoms with E-state index in [0.717, 1.165) is 30.0 Å². The highest BCUT2D eigenvalue weighted by Crippen LogP contribution is 2.36. The summed E-state index contributed by atoms with van der Waals surface area (Å²) in [5.74, 6) is 0.0732. The Balaban J connectivity index is 1.74. The second kappa shape index (κ2) is 7.23. The van der Waals surface area contributed by atoms with Crippen LogP contribution in [0, 0.1) is 24.2 Å². The Kier molecular flexibility index (Phi) is 5.19. The molecule has 1 aromatic heterocycles. The van der Waals surface area contributed by atoms with Crippen LogP contribution in [-0.2, 0) is 11.3 Å². The molecule has 0 saturated carbocycles. The molecule has 0 spiro atoms. The maximum Gasteiger partial charge on any atom is 0.307 e. The van der Waals surface area contributed by atoms with Crippen LogP contribution < -0.4 is 0 Å². The highest BCUT2D eigenvalue weighted by molar-refractivity contribution is 5.70. The van der Waals surface area contributed by atoms with Crippen LogP contribution in [0.2, 0.25) is 0 Å². The first-order chi connectivity index (χ1) is 12.2. The number of aryl methyl sites for hydroxylation is 1. The minimum absolute atomic E-state index is 0.0862. The molecule has 2 unspecified atom stereocenters. The van der Waals surface area contributed by atoms with Crippen molar-refractivity contribution in [1.29, 1.82) is 0 Å². The van der Waals surface area contributed by atoms with Gasteiger partial charge in [0.05, 0.1) is 11.6 Å². The maximum atomic E-state index is 11.6. The average molecular weight is 356 g/mol. The normalized spacial score (nSPS) is 21.7. The van der Waals surface area contributed by atoms with Gasteiger partial charge in [-0.1, -0.05) is 49.7 Å². The molecule has 0 bridgehead atoms. The van der Waals surface area contributed by atoms with E-state index >= 15 is 0 Å². The molecule has 1 saturated heterocycles. The zero-order valence-electron chi connectivity index (χ0n) is 16.0. The minimum Gasteiger partial charge on any atom is -0.481 e. The number of aromatic nitrogens is 1. The molecule has 1 fully saturated rings. The summed E-state index contributed by atoms with van der Waals surface area (Å²) in [7, 11) is 0. The first kappa shape index (κ1) is 18.6. The van der Waals surface area contributed by atoms with Crippen molar-refractivity contribution in [2.24, 2.45) is 17.3 Å². The number of nitrogens with zero attached hydrogens (tertiary/aromatic N) is 2. The van der Waals surface area contributed by atoms with Crippen molar-refractivity contribution in [2.75, 3.05) is 13.1 Å². The summed E-state index contributed by atoms with van der Waals surface area (Å²) < 4.78 is 5.52. The summed E-state index contributed by atoms with van der Waals surface area (Å²) in [6, 6.07) is 10.1. The predicted octanol–water partition coefficient (Wildman–Crippen LogP) is 4.22. The fourth-order valence-corrected chi connectivity index (χ4v) is 3.68. The number of hydrogen-bond donors (Lipinski definition) is 1. The van der Waals surface area contributed by atoms with E-state index in [-0.39, 0.29) is 11.3 Å². The predicted molar refractivity (Wildman–Crippen MR) is 101 cm³/mol. The Labute approximate surface area is 155 Å². The third kappa shape index (κ3) is 4.33. The molecule has 0 amide bonds. The molecular formula is C21H28N2O3. The van der Waals surface area contributed by atoms with Crippen molar-refractivity contribution in [3.63, 3.8) is 0 Å². The fourth-order valence-electron chi connectivity index (χ4n) is 3.68. The molecule has 5 nitrogen and oxygen atoms in total. The van der Waals surface area contributed by atoms with Gasteiger partial charge in [-0.3, -0.25) is 9.69 Å². The molecule has 2 aromatic rings. The monoisotopic (exact) mass is 356 g/mol. The van der Waals surface area contributed by atoms with Crippen LogP contribution in [0.15, 0.2) is 34.9 Å². The minimum atomic E-state index is -0.704. The van der Waals surface area contributed by atoms with Crippen molar-refractivity contribution < 1.29 is 14.4 Å². The first-order valence-electron chi connectivity index (χ1n) is 9.20. The van der Waals surface area contributed by atoms with Crippen LogP contribution in [0.4, 0.5) is 0 Å². The summed E-state index contributed by atoms with van der Waals surface area (Å²) in [6.07, 6.45) is 0.739. The van der Waals surface area contributed by atoms with E-state index in [0.29, 0.717) is 19.0 Å². The third-order valence-corrected chi connectivity index (χ3v) is 5.35. The summed E-state index contributed by atoms with van der Waals surface area (Å²) in [5.41, 5.74) is 3.12. The Morgan fingerprint density at radius 2 is 2.08 bits per heavy atom. The molecule has 1 aliphatic heterocycles. The lowest BCUT2D eigenvalue weighted by Crippen LogP contribution is -2.46. The van der Waals surface area contributed by atoms with Gasteiger partial charge in [0.15, 0.2) is 5.76 Å². The van der Waals surface area contributed by atoms with Gasteiger partial charge in [-0.15, -0.1) is 0 Å². The molecule has 1 aliphatic rings. The van der Waals surface area contributed by atoms with Crippen LogP contribution >= 0.6 is 0 Å². The van der Waals surface area contributed by atoms with Crippen LogP contribution in [0.1, 0.15) is 38.4 Å². The maximum absolute atomic E-state index is 11.6. The topological polar surface area (TPSA) is 66.6 Å². The zero-order valence-corrected chi connectivity index (χ0v) is 16.0. The highest BCUT2D eigenvalue weighted by Gasteiger charge is 2.37. The van der Waals surface area contributed by atoms with E-state index in [4.69, 9.17) is 4.52 Å². The van der Waals surface area contributed by atoms with Crippen molar-refractivity contribution in [3.05, 3.63) is 41.6 Å². The first-order valence-corrected chi connectivity index (χ1v) is 9.20. The van der Waals surface area contributed by atoms with Crippen molar-refractivity contribution in [3.8, 4) is 11.3 Å². The average Bonchev–Trinajstić information content (AvgIpc) is 3.02. The molecule has 26 heavy (non-hydrogen) atoms. The second-order valence-corrected chi connectivity index (χ2v) is 8.58. The van der Waals surface area contributed by atoms with Gasteiger partial charge in [0, 0.05) is 31.3 Å². The van der Waals surface area contributed by atoms with E-state index in [9.17, 15) is 9.90 Å². The van der Waals surface area contributed by atoms with Gasteiger partial charge in [0.2, 0.25) is 0 Å². The van der Waals surface area contributed by atoms with E-state index < -0.39 is 5.97 Å². The molecule has 2 atom stereocenters. The number of likely N-dealkylation sites (tertiary alicyclic amines) is 1. The van der Waals surface area contributed by atoms with Crippen LogP contribution in [0.5, 0.6) is 0 Å². The van der Waals surface area contributed by atoms with Gasteiger partial charge >= 0.3 is 5.97 Å². The molecule has 5 heteroatoms. The molecule has 1 aromatic carbocycles. The Morgan fingerprint density at radius 1 is 1.31 bits per heavy atom. The second-order valence-electron chi connectivity index (χ2n) is 8.58. The van der Waals surface area contributed by atoms with Crippen molar-refractivity contribution in [1.82, 2.24) is 10.1 Å². The Bertz CT molecular complexity index is 776. The van der Waals surface area contributed by atoms with Crippen LogP contribution in [-0.4, -0.2) is 34.2 Å². The van der Waals surface area contributed by atoms with E-state index in [2.05, 4.69) is 36.9 Å². The largest absolute Gasteiger partial charge is 0.481 e. The molecule has 3 rings (SSSR count). The number of rotatable bonds is 4. The molecular weight excluding hydrogens is 328 g/mol. The standard InChI is InChI=1S/C21H28N2O3/c1-14-6-5-7-15(8-14)19-10-18(22-26-19)13-23-11-16(20(24)25)9-17(12-23)21(2,3)4/h5-8,10,16-17H,9,11-13H2,1-4H3,(H,24,25). The van der Waals surface area contributed by atoms with Crippen molar-refractivity contribution >= 4 is 5.97 Å². The SMILES string of the molecule is Cc1cccc(-c2cc(CN3CC(C(=O)O)CC(C(C)(C)C)C3)no2)c1. The lowest BCUT2D eigenvalue weighted by molar-refractivity contribution is -0.145. The van der Waals surface area contributed by atoms with E-state index in [1.807, 2.05) is 31.2 Å². The zero-order chi connectivity index (χ0) is 18.9. The van der Waals surface area contributed by atoms with Gasteiger partial charge in [-0.05, 0) is 30.7 Å². The molecule has 1 N–H and O–H groups in total. The van der Waals surface area contributed by atoms with Gasteiger partial charge < -0.3 is 9.63 Å². The lowest BCUT2D eigenvalue weighted by Gasteiger charge is -2.41. The van der Waals surface area contributed by atoms with E-state index in [1.165, 1.54) is 5.56 Å². The number of aliphatic carboxylic acids is 1. The highest BCUT2D eigenvalue weighted by atomic mass is 16.5. The Hall–Kier alpha value is -2.14. The number of carboxylic acid groups (broad SMARTS) is 1. The number of hydrogen-bond acceptors (Lipinski definition) is 4. The summed E-state index contributed by atoms with van der Waals surface area (Å²) >= 11 is 0. The van der Waals surface area contributed by atoms with Crippen LogP contribution in [0.25, 0.3) is 11.3 Å². The molecule has 0 radical (unpaired) electrons. The van der Waals surface area contributed by atoms with E-state index in [1.54, 1.807) is 0 Å². The summed E-state index contributed by atoms with van der Waals surface area (Å²) in [5, 5.41) is 13.7. The summed E-state index contributed by atoms with van der Waals surface area (Å²) in [4.78, 5) is 13.8. The molecule has 140 valence electrons. The van der Waals surface area contributed by atoms with Gasteiger partial charge in [-0.25, -0.2) is 0 Å². The van der Waals surface area contributed by atoms with Gasteiger partial charge in [0.1, 0.15) is 0 Å². The Morgan fingerprint density at radius 3 is 2.73 bits per heavy atom.